The molecule has 1 saturated heterocycles. The van der Waals surface area contributed by atoms with Crippen LogP contribution in [0.1, 0.15) is 19.8 Å². The van der Waals surface area contributed by atoms with Gasteiger partial charge in [-0.05, 0) is 47.0 Å². The molecule has 0 saturated carbocycles. The van der Waals surface area contributed by atoms with E-state index in [1.54, 1.807) is 0 Å². The van der Waals surface area contributed by atoms with Gasteiger partial charge in [0.2, 0.25) is 0 Å². The molecule has 0 spiro atoms. The van der Waals surface area contributed by atoms with Crippen molar-refractivity contribution in [2.75, 3.05) is 48.0 Å². The number of rotatable bonds is 4. The molecule has 1 amide bonds. The Morgan fingerprint density at radius 1 is 1.28 bits per heavy atom. The van der Waals surface area contributed by atoms with E-state index >= 15 is 0 Å². The molecule has 1 fully saturated rings. The van der Waals surface area contributed by atoms with Gasteiger partial charge in [0.15, 0.2) is 0 Å². The lowest BCUT2D eigenvalue weighted by Gasteiger charge is -2.39. The zero-order valence-corrected chi connectivity index (χ0v) is 12.3. The Hall–Kier alpha value is -0.810. The maximum atomic E-state index is 12.1. The minimum Gasteiger partial charge on any atom is -0.433 e. The van der Waals surface area contributed by atoms with Gasteiger partial charge in [0.05, 0.1) is 0 Å². The number of likely N-dealkylation sites (N-methyl/N-ethyl adjacent to an activating group) is 1. The monoisotopic (exact) mass is 257 g/mol. The Bertz CT molecular complexity index is 267. The van der Waals surface area contributed by atoms with Crippen molar-refractivity contribution in [2.24, 2.45) is 5.92 Å². The van der Waals surface area contributed by atoms with E-state index in [1.807, 2.05) is 38.0 Å². The van der Waals surface area contributed by atoms with E-state index in [2.05, 4.69) is 11.8 Å². The average molecular weight is 257 g/mol. The largest absolute Gasteiger partial charge is 0.433 e. The van der Waals surface area contributed by atoms with E-state index in [4.69, 9.17) is 4.74 Å². The van der Waals surface area contributed by atoms with Gasteiger partial charge in [-0.25, -0.2) is 4.79 Å². The molecule has 0 radical (unpaired) electrons. The second-order valence-electron chi connectivity index (χ2n) is 5.86. The quantitative estimate of drug-likeness (QED) is 0.711. The van der Waals surface area contributed by atoms with Crippen LogP contribution in [0, 0.1) is 5.92 Å². The predicted molar refractivity (Wildman–Crippen MR) is 72.5 cm³/mol. The van der Waals surface area contributed by atoms with Crippen LogP contribution in [-0.2, 0) is 4.74 Å². The molecule has 1 aliphatic heterocycles. The molecule has 0 N–H and O–H groups in total. The van der Waals surface area contributed by atoms with Crippen LogP contribution in [0.15, 0.2) is 0 Å². The predicted octanol–water partition coefficient (Wildman–Crippen LogP) is 1.30. The minimum atomic E-state index is -0.178. The van der Waals surface area contributed by atoms with E-state index in [0.717, 1.165) is 25.9 Å². The summed E-state index contributed by atoms with van der Waals surface area (Å²) in [6.07, 6.45) is 1.96. The molecule has 2 atom stereocenters. The standard InChI is InChI=1S/C13H27N3O2/c1-11-6-7-16(12(8-11)9-14(2)3)13(17)18-10-15(4)5/h11-12H,6-10H2,1-5H3. The number of ether oxygens (including phenoxy) is 1. The second-order valence-corrected chi connectivity index (χ2v) is 5.86. The third-order valence-electron chi connectivity index (χ3n) is 3.23. The molecule has 106 valence electrons. The number of likely N-dealkylation sites (tertiary alicyclic amines) is 1. The van der Waals surface area contributed by atoms with Crippen molar-refractivity contribution in [2.45, 2.75) is 25.8 Å². The Morgan fingerprint density at radius 3 is 2.50 bits per heavy atom. The highest BCUT2D eigenvalue weighted by Crippen LogP contribution is 2.23. The first-order valence-corrected chi connectivity index (χ1v) is 6.63. The molecule has 0 aromatic carbocycles. The smallest absolute Gasteiger partial charge is 0.411 e. The van der Waals surface area contributed by atoms with E-state index in [0.29, 0.717) is 12.6 Å². The molecular weight excluding hydrogens is 230 g/mol. The number of piperidine rings is 1. The summed E-state index contributed by atoms with van der Waals surface area (Å²) in [5, 5.41) is 0. The summed E-state index contributed by atoms with van der Waals surface area (Å²) in [5.41, 5.74) is 0. The van der Waals surface area contributed by atoms with E-state index in [-0.39, 0.29) is 12.1 Å². The normalized spacial score (nSPS) is 24.7. The first-order valence-electron chi connectivity index (χ1n) is 6.63. The van der Waals surface area contributed by atoms with Crippen molar-refractivity contribution in [3.05, 3.63) is 0 Å². The van der Waals surface area contributed by atoms with Crippen molar-refractivity contribution < 1.29 is 9.53 Å². The maximum absolute atomic E-state index is 12.1. The summed E-state index contributed by atoms with van der Waals surface area (Å²) in [6, 6.07) is 0.276. The number of hydrogen-bond acceptors (Lipinski definition) is 4. The summed E-state index contributed by atoms with van der Waals surface area (Å²) in [7, 11) is 7.87. The Kier molecular flexibility index (Phi) is 5.88. The van der Waals surface area contributed by atoms with E-state index < -0.39 is 0 Å². The van der Waals surface area contributed by atoms with Crippen LogP contribution < -0.4 is 0 Å². The average Bonchev–Trinajstić information content (AvgIpc) is 2.25. The Balaban J connectivity index is 2.56. The van der Waals surface area contributed by atoms with Gasteiger partial charge < -0.3 is 14.5 Å². The number of carbonyl (C=O) groups is 1. The van der Waals surface area contributed by atoms with Crippen LogP contribution in [0.25, 0.3) is 0 Å². The van der Waals surface area contributed by atoms with Crippen LogP contribution in [0.5, 0.6) is 0 Å². The lowest BCUT2D eigenvalue weighted by Crippen LogP contribution is -2.50. The third kappa shape index (κ3) is 4.82. The molecule has 0 aliphatic carbocycles. The molecule has 5 nitrogen and oxygen atoms in total. The van der Waals surface area contributed by atoms with Crippen LogP contribution >= 0.6 is 0 Å². The zero-order chi connectivity index (χ0) is 13.7. The third-order valence-corrected chi connectivity index (χ3v) is 3.23. The molecule has 1 rings (SSSR count). The van der Waals surface area contributed by atoms with Crippen molar-refractivity contribution in [1.82, 2.24) is 14.7 Å². The highest BCUT2D eigenvalue weighted by Gasteiger charge is 2.31. The van der Waals surface area contributed by atoms with Crippen LogP contribution in [0.4, 0.5) is 4.79 Å². The molecule has 0 aromatic heterocycles. The fraction of sp³-hybridized carbons (Fsp3) is 0.923. The molecule has 1 aliphatic rings. The molecular formula is C13H27N3O2. The SMILES string of the molecule is CC1CCN(C(=O)OCN(C)C)C(CN(C)C)C1. The zero-order valence-electron chi connectivity index (χ0n) is 12.3. The van der Waals surface area contributed by atoms with Gasteiger partial charge in [0.25, 0.3) is 0 Å². The van der Waals surface area contributed by atoms with Crippen LogP contribution in [0.2, 0.25) is 0 Å². The molecule has 1 heterocycles. The highest BCUT2D eigenvalue weighted by molar-refractivity contribution is 5.68. The molecule has 0 aromatic rings. The summed E-state index contributed by atoms with van der Waals surface area (Å²) >= 11 is 0. The summed E-state index contributed by atoms with van der Waals surface area (Å²) in [5.74, 6) is 0.688. The number of carbonyl (C=O) groups excluding carboxylic acids is 1. The molecule has 2 unspecified atom stereocenters. The molecule has 0 bridgehead atoms. The lowest BCUT2D eigenvalue weighted by molar-refractivity contribution is 0.0321. The van der Waals surface area contributed by atoms with Crippen LogP contribution in [0.3, 0.4) is 0 Å². The van der Waals surface area contributed by atoms with Gasteiger partial charge in [-0.15, -0.1) is 0 Å². The first kappa shape index (κ1) is 15.2. The van der Waals surface area contributed by atoms with Crippen molar-refractivity contribution in [3.8, 4) is 0 Å². The van der Waals surface area contributed by atoms with Gasteiger partial charge in [0, 0.05) is 19.1 Å². The summed E-state index contributed by atoms with van der Waals surface area (Å²) in [4.78, 5) is 17.9. The second kappa shape index (κ2) is 6.95. The fourth-order valence-corrected chi connectivity index (χ4v) is 2.35. The number of nitrogens with zero attached hydrogens (tertiary/aromatic N) is 3. The maximum Gasteiger partial charge on any atom is 0.411 e. The molecule has 18 heavy (non-hydrogen) atoms. The minimum absolute atomic E-state index is 0.178. The van der Waals surface area contributed by atoms with Crippen LogP contribution in [-0.4, -0.2) is 74.8 Å². The van der Waals surface area contributed by atoms with Gasteiger partial charge in [-0.2, -0.15) is 0 Å². The van der Waals surface area contributed by atoms with Gasteiger partial charge in [-0.3, -0.25) is 4.90 Å². The highest BCUT2D eigenvalue weighted by atomic mass is 16.6. The summed E-state index contributed by atoms with van der Waals surface area (Å²) in [6.45, 7) is 4.32. The van der Waals surface area contributed by atoms with E-state index in [1.165, 1.54) is 0 Å². The first-order chi connectivity index (χ1) is 8.40. The number of hydrogen-bond donors (Lipinski definition) is 0. The Labute approximate surface area is 111 Å². The van der Waals surface area contributed by atoms with Crippen molar-refractivity contribution >= 4 is 6.09 Å². The van der Waals surface area contributed by atoms with Crippen molar-refractivity contribution in [1.29, 1.82) is 0 Å². The Morgan fingerprint density at radius 2 is 1.94 bits per heavy atom. The summed E-state index contributed by atoms with van der Waals surface area (Å²) < 4.78 is 5.28. The number of amides is 1. The van der Waals surface area contributed by atoms with Gasteiger partial charge >= 0.3 is 6.09 Å². The topological polar surface area (TPSA) is 36.0 Å². The van der Waals surface area contributed by atoms with Gasteiger partial charge in [-0.1, -0.05) is 6.92 Å². The fourth-order valence-electron chi connectivity index (χ4n) is 2.35. The lowest BCUT2D eigenvalue weighted by atomic mass is 9.92. The van der Waals surface area contributed by atoms with Gasteiger partial charge in [0.1, 0.15) is 6.73 Å². The molecule has 5 heteroatoms. The van der Waals surface area contributed by atoms with E-state index in [9.17, 15) is 4.79 Å². The van der Waals surface area contributed by atoms with Crippen molar-refractivity contribution in [3.63, 3.8) is 0 Å².